The lowest BCUT2D eigenvalue weighted by Gasteiger charge is -2.13. The van der Waals surface area contributed by atoms with Crippen LogP contribution in [-0.4, -0.2) is 36.3 Å². The molecule has 1 aromatic heterocycles. The summed E-state index contributed by atoms with van der Waals surface area (Å²) in [4.78, 5) is 57.5. The molecule has 0 saturated carbocycles. The largest absolute Gasteiger partial charge is 0.481 e. The van der Waals surface area contributed by atoms with Crippen molar-refractivity contribution in [1.82, 2.24) is 14.1 Å². The average molecular weight is 273 g/mol. The number of carboxylic acids is 2. The van der Waals surface area contributed by atoms with Crippen LogP contribution >= 0.6 is 0 Å². The molecule has 3 N–H and O–H groups in total. The van der Waals surface area contributed by atoms with Crippen LogP contribution in [0.15, 0.2) is 14.4 Å². The van der Waals surface area contributed by atoms with Gasteiger partial charge in [0, 0.05) is 13.5 Å². The van der Waals surface area contributed by atoms with Gasteiger partial charge in [0.1, 0.15) is 6.04 Å². The van der Waals surface area contributed by atoms with Crippen LogP contribution in [0.1, 0.15) is 18.9 Å². The molecule has 0 aromatic carbocycles. The maximum absolute atomic E-state index is 11.7. The summed E-state index contributed by atoms with van der Waals surface area (Å²) < 4.78 is 0.838. The molecule has 0 aliphatic heterocycles. The maximum atomic E-state index is 11.7. The van der Waals surface area contributed by atoms with Gasteiger partial charge >= 0.3 is 29.0 Å². The molecule has 1 heterocycles. The first-order chi connectivity index (χ1) is 8.75. The first-order valence-corrected chi connectivity index (χ1v) is 5.12. The van der Waals surface area contributed by atoms with Crippen molar-refractivity contribution >= 4 is 11.9 Å². The molecule has 0 amide bonds. The van der Waals surface area contributed by atoms with E-state index in [2.05, 4.69) is 0 Å². The monoisotopic (exact) mass is 273 g/mol. The molecule has 1 atom stereocenters. The number of carbonyl (C=O) groups is 2. The number of aromatic nitrogens is 3. The van der Waals surface area contributed by atoms with E-state index in [0.717, 1.165) is 7.05 Å². The van der Waals surface area contributed by atoms with Crippen molar-refractivity contribution in [1.29, 1.82) is 0 Å². The quantitative estimate of drug-likeness (QED) is 0.546. The first-order valence-electron chi connectivity index (χ1n) is 5.12. The number of nitrogens with one attached hydrogen (secondary N) is 1. The third-order valence-corrected chi connectivity index (χ3v) is 2.46. The molecule has 1 rings (SSSR count). The van der Waals surface area contributed by atoms with E-state index >= 15 is 0 Å². The predicted octanol–water partition coefficient (Wildman–Crippen LogP) is -2.27. The van der Waals surface area contributed by atoms with Gasteiger partial charge < -0.3 is 10.2 Å². The molecule has 0 aliphatic rings. The second-order valence-corrected chi connectivity index (χ2v) is 3.73. The minimum atomic E-state index is -1.65. The van der Waals surface area contributed by atoms with Crippen molar-refractivity contribution < 1.29 is 19.8 Å². The van der Waals surface area contributed by atoms with E-state index in [-0.39, 0.29) is 0 Å². The van der Waals surface area contributed by atoms with E-state index in [1.165, 1.54) is 0 Å². The van der Waals surface area contributed by atoms with E-state index in [0.29, 0.717) is 9.13 Å². The van der Waals surface area contributed by atoms with Gasteiger partial charge in [0.2, 0.25) is 0 Å². The lowest BCUT2D eigenvalue weighted by molar-refractivity contribution is -0.142. The normalized spacial score (nSPS) is 12.1. The van der Waals surface area contributed by atoms with Gasteiger partial charge in [-0.05, 0) is 6.42 Å². The highest BCUT2D eigenvalue weighted by molar-refractivity contribution is 5.73. The van der Waals surface area contributed by atoms with E-state index in [1.54, 1.807) is 4.98 Å². The highest BCUT2D eigenvalue weighted by atomic mass is 16.4. The standard InChI is InChI=1S/C9H11N3O7/c1-11-7(17)10-8(18)12(9(11)19)4(6(15)16)2-3-5(13)14/h4H,2-3H2,1H3,(H,13,14)(H,15,16)(H,10,17,18)/t4-/m0/s1. The highest BCUT2D eigenvalue weighted by Crippen LogP contribution is 2.09. The van der Waals surface area contributed by atoms with Crippen molar-refractivity contribution in [2.45, 2.75) is 18.9 Å². The zero-order valence-electron chi connectivity index (χ0n) is 9.82. The van der Waals surface area contributed by atoms with Crippen molar-refractivity contribution in [3.63, 3.8) is 0 Å². The molecule has 0 radical (unpaired) electrons. The van der Waals surface area contributed by atoms with E-state index in [1.807, 2.05) is 0 Å². The predicted molar refractivity (Wildman–Crippen MR) is 60.1 cm³/mol. The van der Waals surface area contributed by atoms with Gasteiger partial charge in [-0.2, -0.15) is 0 Å². The number of H-pyrrole nitrogens is 1. The molecular formula is C9H11N3O7. The van der Waals surface area contributed by atoms with Crippen LogP contribution in [0.4, 0.5) is 0 Å². The Bertz CT molecular complexity index is 680. The van der Waals surface area contributed by atoms with Crippen molar-refractivity contribution in [3.05, 3.63) is 31.5 Å². The van der Waals surface area contributed by atoms with Gasteiger partial charge in [0.05, 0.1) is 0 Å². The third-order valence-electron chi connectivity index (χ3n) is 2.46. The molecular weight excluding hydrogens is 262 g/mol. The van der Waals surface area contributed by atoms with Crippen LogP contribution in [-0.2, 0) is 16.6 Å². The Balaban J connectivity index is 3.40. The molecule has 0 unspecified atom stereocenters. The minimum absolute atomic E-state index is 0.312. The van der Waals surface area contributed by atoms with Crippen molar-refractivity contribution in [3.8, 4) is 0 Å². The summed E-state index contributed by atoms with van der Waals surface area (Å²) >= 11 is 0. The molecule has 0 aliphatic carbocycles. The fraction of sp³-hybridized carbons (Fsp3) is 0.444. The van der Waals surface area contributed by atoms with Gasteiger partial charge in [-0.3, -0.25) is 9.78 Å². The molecule has 10 nitrogen and oxygen atoms in total. The Labute approximate surface area is 104 Å². The highest BCUT2D eigenvalue weighted by Gasteiger charge is 2.25. The third kappa shape index (κ3) is 2.97. The molecule has 0 saturated heterocycles. The Morgan fingerprint density at radius 2 is 1.79 bits per heavy atom. The second-order valence-electron chi connectivity index (χ2n) is 3.73. The number of rotatable bonds is 5. The van der Waals surface area contributed by atoms with Gasteiger partial charge in [-0.15, -0.1) is 0 Å². The van der Waals surface area contributed by atoms with Crippen LogP contribution in [0.2, 0.25) is 0 Å². The molecule has 0 bridgehead atoms. The Hall–Kier alpha value is -2.65. The van der Waals surface area contributed by atoms with E-state index < -0.39 is 47.9 Å². The van der Waals surface area contributed by atoms with Crippen LogP contribution in [0.5, 0.6) is 0 Å². The molecule has 10 heteroatoms. The summed E-state index contributed by atoms with van der Waals surface area (Å²) in [6, 6.07) is -1.65. The molecule has 104 valence electrons. The number of hydrogen-bond donors (Lipinski definition) is 3. The van der Waals surface area contributed by atoms with Crippen molar-refractivity contribution in [2.75, 3.05) is 0 Å². The van der Waals surface area contributed by atoms with Gasteiger partial charge in [-0.1, -0.05) is 0 Å². The average Bonchev–Trinajstić information content (AvgIpc) is 2.29. The SMILES string of the molecule is Cn1c(=O)[nH]c(=O)n([C@@H](CCC(=O)O)C(=O)O)c1=O. The number of nitrogens with zero attached hydrogens (tertiary/aromatic N) is 2. The lowest BCUT2D eigenvalue weighted by Crippen LogP contribution is -2.51. The summed E-state index contributed by atoms with van der Waals surface area (Å²) in [6.07, 6.45) is -0.989. The molecule has 0 fully saturated rings. The van der Waals surface area contributed by atoms with Crippen LogP contribution in [0.25, 0.3) is 0 Å². The zero-order valence-corrected chi connectivity index (χ0v) is 9.82. The van der Waals surface area contributed by atoms with Crippen LogP contribution < -0.4 is 17.1 Å². The van der Waals surface area contributed by atoms with Crippen LogP contribution in [0.3, 0.4) is 0 Å². The summed E-state index contributed by atoms with van der Waals surface area (Å²) in [5, 5.41) is 17.5. The van der Waals surface area contributed by atoms with E-state index in [9.17, 15) is 24.0 Å². The second kappa shape index (κ2) is 5.33. The Morgan fingerprint density at radius 1 is 1.21 bits per heavy atom. The topological polar surface area (TPSA) is 151 Å². The number of hydrogen-bond acceptors (Lipinski definition) is 5. The summed E-state index contributed by atoms with van der Waals surface area (Å²) in [5.74, 6) is -2.80. The minimum Gasteiger partial charge on any atom is -0.481 e. The summed E-state index contributed by atoms with van der Waals surface area (Å²) in [5.41, 5.74) is -3.29. The molecule has 0 spiro atoms. The number of aromatic amines is 1. The smallest absolute Gasteiger partial charge is 0.336 e. The van der Waals surface area contributed by atoms with Gasteiger partial charge in [-0.25, -0.2) is 28.3 Å². The zero-order chi connectivity index (χ0) is 14.7. The molecule has 19 heavy (non-hydrogen) atoms. The first kappa shape index (κ1) is 14.4. The Kier molecular flexibility index (Phi) is 4.04. The molecule has 1 aromatic rings. The number of carboxylic acid groups (broad SMARTS) is 2. The Morgan fingerprint density at radius 3 is 2.26 bits per heavy atom. The van der Waals surface area contributed by atoms with E-state index in [4.69, 9.17) is 10.2 Å². The lowest BCUT2D eigenvalue weighted by atomic mass is 10.1. The van der Waals surface area contributed by atoms with Gasteiger partial charge in [0.15, 0.2) is 0 Å². The maximum Gasteiger partial charge on any atom is 0.336 e. The van der Waals surface area contributed by atoms with Crippen LogP contribution in [0, 0.1) is 0 Å². The van der Waals surface area contributed by atoms with Gasteiger partial charge in [0.25, 0.3) is 0 Å². The number of aliphatic carboxylic acids is 2. The van der Waals surface area contributed by atoms with Crippen molar-refractivity contribution in [2.24, 2.45) is 7.05 Å². The summed E-state index contributed by atoms with van der Waals surface area (Å²) in [6.45, 7) is 0. The fourth-order valence-electron chi connectivity index (χ4n) is 1.47. The summed E-state index contributed by atoms with van der Waals surface area (Å²) in [7, 11) is 1.06. The fourth-order valence-corrected chi connectivity index (χ4v) is 1.47.